The van der Waals surface area contributed by atoms with Gasteiger partial charge in [0.2, 0.25) is 0 Å². The van der Waals surface area contributed by atoms with Crippen LogP contribution in [0.3, 0.4) is 0 Å². The van der Waals surface area contributed by atoms with E-state index in [0.717, 1.165) is 29.2 Å². The molecule has 2 aromatic rings. The van der Waals surface area contributed by atoms with Gasteiger partial charge >= 0.3 is 0 Å². The summed E-state index contributed by atoms with van der Waals surface area (Å²) < 4.78 is 14.0. The van der Waals surface area contributed by atoms with Crippen LogP contribution in [0, 0.1) is 5.82 Å². The van der Waals surface area contributed by atoms with Gasteiger partial charge in [0.15, 0.2) is 5.17 Å². The third-order valence-electron chi connectivity index (χ3n) is 3.77. The summed E-state index contributed by atoms with van der Waals surface area (Å²) in [5.74, 6) is -0.163. The fraction of sp³-hybridized carbons (Fsp3) is 0.188. The maximum atomic E-state index is 14.0. The normalized spacial score (nSPS) is 17.0. The molecule has 0 saturated carbocycles. The highest BCUT2D eigenvalue weighted by atomic mass is 79.9. The number of fused-ring (bicyclic) bond motifs is 2. The Morgan fingerprint density at radius 1 is 1.14 bits per heavy atom. The minimum atomic E-state index is -0.163. The number of hydrogen-bond acceptors (Lipinski definition) is 3. The third kappa shape index (κ3) is 2.19. The second kappa shape index (κ2) is 5.46. The summed E-state index contributed by atoms with van der Waals surface area (Å²) in [6.07, 6.45) is 0. The standard InChI is InChI=1S/C16H13FN2S.BrH/c1-10-15(19-9-8-18-16(19)20-10)13-6-2-5-12-11(13)4-3-7-14(12)17;/h2-7H,8-9H2,1H3;1H. The summed E-state index contributed by atoms with van der Waals surface area (Å²) in [6, 6.07) is 11.1. The van der Waals surface area contributed by atoms with Crippen LogP contribution in [0.1, 0.15) is 12.5 Å². The molecule has 0 saturated heterocycles. The summed E-state index contributed by atoms with van der Waals surface area (Å²) in [7, 11) is 0. The first kappa shape index (κ1) is 14.6. The van der Waals surface area contributed by atoms with Crippen LogP contribution < -0.4 is 0 Å². The summed E-state index contributed by atoms with van der Waals surface area (Å²) in [6.45, 7) is 3.87. The zero-order chi connectivity index (χ0) is 13.7. The van der Waals surface area contributed by atoms with Crippen molar-refractivity contribution >= 4 is 50.4 Å². The zero-order valence-corrected chi connectivity index (χ0v) is 14.0. The highest BCUT2D eigenvalue weighted by Crippen LogP contribution is 2.43. The van der Waals surface area contributed by atoms with Crippen LogP contribution in [0.4, 0.5) is 4.39 Å². The predicted molar refractivity (Wildman–Crippen MR) is 93.4 cm³/mol. The van der Waals surface area contributed by atoms with E-state index in [0.29, 0.717) is 5.39 Å². The Kier molecular flexibility index (Phi) is 3.80. The van der Waals surface area contributed by atoms with Gasteiger partial charge in [-0.15, -0.1) is 17.0 Å². The molecule has 2 heterocycles. The Morgan fingerprint density at radius 3 is 2.76 bits per heavy atom. The maximum absolute atomic E-state index is 14.0. The van der Waals surface area contributed by atoms with Gasteiger partial charge in [-0.05, 0) is 18.4 Å². The third-order valence-corrected chi connectivity index (χ3v) is 4.80. The van der Waals surface area contributed by atoms with Gasteiger partial charge in [-0.25, -0.2) is 4.39 Å². The summed E-state index contributed by atoms with van der Waals surface area (Å²) >= 11 is 1.71. The maximum Gasteiger partial charge on any atom is 0.168 e. The van der Waals surface area contributed by atoms with E-state index in [-0.39, 0.29) is 22.8 Å². The smallest absolute Gasteiger partial charge is 0.168 e. The lowest BCUT2D eigenvalue weighted by atomic mass is 10.0. The lowest BCUT2D eigenvalue weighted by Gasteiger charge is -2.18. The first-order chi connectivity index (χ1) is 9.75. The lowest BCUT2D eigenvalue weighted by Crippen LogP contribution is -2.20. The van der Waals surface area contributed by atoms with E-state index in [2.05, 4.69) is 22.9 Å². The molecular formula is C16H14BrFN2S. The van der Waals surface area contributed by atoms with Gasteiger partial charge in [-0.2, -0.15) is 0 Å². The molecule has 2 aliphatic heterocycles. The van der Waals surface area contributed by atoms with Crippen molar-refractivity contribution in [2.75, 3.05) is 13.1 Å². The molecule has 21 heavy (non-hydrogen) atoms. The molecule has 0 atom stereocenters. The Morgan fingerprint density at radius 2 is 1.90 bits per heavy atom. The fourth-order valence-electron chi connectivity index (χ4n) is 2.91. The van der Waals surface area contributed by atoms with Crippen molar-refractivity contribution in [2.45, 2.75) is 6.92 Å². The number of aliphatic imine (C=N–C) groups is 1. The van der Waals surface area contributed by atoms with Gasteiger partial charge in [0.1, 0.15) is 5.82 Å². The van der Waals surface area contributed by atoms with Gasteiger partial charge < -0.3 is 4.90 Å². The Labute approximate surface area is 137 Å². The molecule has 0 N–H and O–H groups in total. The van der Waals surface area contributed by atoms with Gasteiger partial charge in [0.25, 0.3) is 0 Å². The van der Waals surface area contributed by atoms with Crippen molar-refractivity contribution in [1.82, 2.24) is 4.90 Å². The molecule has 5 heteroatoms. The molecule has 0 amide bonds. The Balaban J connectivity index is 0.00000132. The Bertz CT molecular complexity index is 785. The van der Waals surface area contributed by atoms with Crippen molar-refractivity contribution < 1.29 is 4.39 Å². The monoisotopic (exact) mass is 364 g/mol. The minimum absolute atomic E-state index is 0. The first-order valence-corrected chi connectivity index (χ1v) is 7.46. The van der Waals surface area contributed by atoms with Crippen LogP contribution in [0.2, 0.25) is 0 Å². The van der Waals surface area contributed by atoms with Crippen LogP contribution in [0.15, 0.2) is 46.3 Å². The second-order valence-electron chi connectivity index (χ2n) is 4.96. The lowest BCUT2D eigenvalue weighted by molar-refractivity contribution is 0.639. The average molecular weight is 365 g/mol. The van der Waals surface area contributed by atoms with Crippen molar-refractivity contribution in [2.24, 2.45) is 4.99 Å². The zero-order valence-electron chi connectivity index (χ0n) is 11.5. The topological polar surface area (TPSA) is 15.6 Å². The van der Waals surface area contributed by atoms with Gasteiger partial charge in [-0.3, -0.25) is 4.99 Å². The molecule has 0 unspecified atom stereocenters. The fourth-order valence-corrected chi connectivity index (χ4v) is 3.95. The van der Waals surface area contributed by atoms with E-state index in [1.165, 1.54) is 16.7 Å². The van der Waals surface area contributed by atoms with Crippen molar-refractivity contribution in [3.05, 3.63) is 52.7 Å². The van der Waals surface area contributed by atoms with E-state index < -0.39 is 0 Å². The average Bonchev–Trinajstić information content (AvgIpc) is 2.99. The molecule has 0 aliphatic carbocycles. The number of allylic oxidation sites excluding steroid dienone is 1. The molecule has 4 rings (SSSR count). The van der Waals surface area contributed by atoms with Crippen molar-refractivity contribution in [3.8, 4) is 0 Å². The number of halogens is 2. The molecule has 2 nitrogen and oxygen atoms in total. The largest absolute Gasteiger partial charge is 0.318 e. The molecule has 0 bridgehead atoms. The molecule has 2 aliphatic rings. The number of hydrogen-bond donors (Lipinski definition) is 0. The minimum Gasteiger partial charge on any atom is -0.318 e. The first-order valence-electron chi connectivity index (χ1n) is 6.64. The van der Waals surface area contributed by atoms with Gasteiger partial charge in [0.05, 0.1) is 12.2 Å². The highest BCUT2D eigenvalue weighted by Gasteiger charge is 2.31. The summed E-state index contributed by atoms with van der Waals surface area (Å²) in [5.41, 5.74) is 2.28. The van der Waals surface area contributed by atoms with Crippen LogP contribution >= 0.6 is 28.7 Å². The van der Waals surface area contributed by atoms with Gasteiger partial charge in [0, 0.05) is 22.4 Å². The van der Waals surface area contributed by atoms with Crippen LogP contribution in [-0.2, 0) is 0 Å². The summed E-state index contributed by atoms with van der Waals surface area (Å²) in [5, 5.41) is 2.72. The molecule has 0 aromatic heterocycles. The SMILES string of the molecule is Br.CC1=C(c2cccc3c(F)cccc23)N2CCN=C2S1. The van der Waals surface area contributed by atoms with Crippen LogP contribution in [-0.4, -0.2) is 23.2 Å². The molecular weight excluding hydrogens is 351 g/mol. The van der Waals surface area contributed by atoms with E-state index in [1.54, 1.807) is 17.8 Å². The number of amidine groups is 1. The van der Waals surface area contributed by atoms with E-state index in [9.17, 15) is 4.39 Å². The van der Waals surface area contributed by atoms with Crippen molar-refractivity contribution in [1.29, 1.82) is 0 Å². The predicted octanol–water partition coefficient (Wildman–Crippen LogP) is 4.66. The second-order valence-corrected chi connectivity index (χ2v) is 6.14. The quantitative estimate of drug-likeness (QED) is 0.730. The number of rotatable bonds is 1. The number of nitrogens with zero attached hydrogens (tertiary/aromatic N) is 2. The van der Waals surface area contributed by atoms with Crippen molar-refractivity contribution in [3.63, 3.8) is 0 Å². The van der Waals surface area contributed by atoms with Gasteiger partial charge in [-0.1, -0.05) is 42.1 Å². The van der Waals surface area contributed by atoms with Crippen LogP contribution in [0.25, 0.3) is 16.5 Å². The van der Waals surface area contributed by atoms with E-state index in [1.807, 2.05) is 18.2 Å². The Hall–Kier alpha value is -1.33. The molecule has 0 fully saturated rings. The molecule has 108 valence electrons. The highest BCUT2D eigenvalue weighted by molar-refractivity contribution is 8.93. The molecule has 0 radical (unpaired) electrons. The summed E-state index contributed by atoms with van der Waals surface area (Å²) in [4.78, 5) is 8.00. The van der Waals surface area contributed by atoms with E-state index in [4.69, 9.17) is 0 Å². The van der Waals surface area contributed by atoms with E-state index >= 15 is 0 Å². The molecule has 0 spiro atoms. The number of benzene rings is 2. The number of thioether (sulfide) groups is 1. The van der Waals surface area contributed by atoms with Crippen LogP contribution in [0.5, 0.6) is 0 Å². The molecule has 2 aromatic carbocycles.